The number of hydrogen-bond donors (Lipinski definition) is 1. The number of carboxylic acid groups (broad SMARTS) is 1. The maximum Gasteiger partial charge on any atom is 0.573 e. The lowest BCUT2D eigenvalue weighted by atomic mass is 10.0. The first-order valence-corrected chi connectivity index (χ1v) is 5.21. The maximum atomic E-state index is 12.1. The molecule has 1 heterocycles. The number of alkyl halides is 3. The molecule has 0 spiro atoms. The highest BCUT2D eigenvalue weighted by Gasteiger charge is 2.33. The molecule has 0 aliphatic carbocycles. The van der Waals surface area contributed by atoms with Crippen molar-refractivity contribution in [2.75, 3.05) is 11.4 Å². The molecule has 19 heavy (non-hydrogen) atoms. The quantitative estimate of drug-likeness (QED) is 0.855. The molecule has 0 saturated heterocycles. The van der Waals surface area contributed by atoms with Crippen molar-refractivity contribution in [3.05, 3.63) is 23.8 Å². The first kappa shape index (κ1) is 13.2. The molecule has 8 heteroatoms. The first-order valence-electron chi connectivity index (χ1n) is 5.21. The molecule has 0 aromatic heterocycles. The van der Waals surface area contributed by atoms with Crippen molar-refractivity contribution in [2.45, 2.75) is 12.8 Å². The van der Waals surface area contributed by atoms with Crippen LogP contribution in [0, 0.1) is 0 Å². The van der Waals surface area contributed by atoms with Crippen molar-refractivity contribution in [3.8, 4) is 5.75 Å². The second-order valence-electron chi connectivity index (χ2n) is 3.83. The molecule has 0 bridgehead atoms. The standard InChI is InChI=1S/C11H8F3NO4/c12-11(13,14)19-6-1-2-8-7(5-6)9(16)3-4-15(8)10(17)18/h1-2,5H,3-4H2,(H,17,18). The van der Waals surface area contributed by atoms with E-state index >= 15 is 0 Å². The molecule has 1 aromatic carbocycles. The molecule has 5 nitrogen and oxygen atoms in total. The highest BCUT2D eigenvalue weighted by atomic mass is 19.4. The molecule has 0 saturated carbocycles. The fourth-order valence-electron chi connectivity index (χ4n) is 1.84. The van der Waals surface area contributed by atoms with Gasteiger partial charge in [-0.15, -0.1) is 13.2 Å². The third-order valence-electron chi connectivity index (χ3n) is 2.59. The third kappa shape index (κ3) is 2.78. The maximum absolute atomic E-state index is 12.1. The van der Waals surface area contributed by atoms with Crippen LogP contribution in [0.25, 0.3) is 0 Å². The Kier molecular flexibility index (Phi) is 3.09. The number of nitrogens with zero attached hydrogens (tertiary/aromatic N) is 1. The smallest absolute Gasteiger partial charge is 0.465 e. The van der Waals surface area contributed by atoms with Crippen molar-refractivity contribution < 1.29 is 32.6 Å². The number of anilines is 1. The molecule has 0 unspecified atom stereocenters. The summed E-state index contributed by atoms with van der Waals surface area (Å²) in [6.45, 7) is -0.0133. The second kappa shape index (κ2) is 4.45. The van der Waals surface area contributed by atoms with Crippen LogP contribution in [0.1, 0.15) is 16.8 Å². The molecular weight excluding hydrogens is 267 g/mol. The highest BCUT2D eigenvalue weighted by Crippen LogP contribution is 2.32. The summed E-state index contributed by atoms with van der Waals surface area (Å²) >= 11 is 0. The van der Waals surface area contributed by atoms with Crippen LogP contribution in [0.15, 0.2) is 18.2 Å². The lowest BCUT2D eigenvalue weighted by Gasteiger charge is -2.26. The monoisotopic (exact) mass is 275 g/mol. The number of hydrogen-bond acceptors (Lipinski definition) is 3. The van der Waals surface area contributed by atoms with Gasteiger partial charge in [0.05, 0.1) is 5.69 Å². The van der Waals surface area contributed by atoms with Crippen molar-refractivity contribution in [1.29, 1.82) is 0 Å². The Balaban J connectivity index is 2.40. The van der Waals surface area contributed by atoms with E-state index in [1.807, 2.05) is 0 Å². The van der Waals surface area contributed by atoms with Gasteiger partial charge in [0, 0.05) is 18.5 Å². The predicted molar refractivity (Wildman–Crippen MR) is 57.4 cm³/mol. The van der Waals surface area contributed by atoms with Crippen LogP contribution in [-0.2, 0) is 0 Å². The van der Waals surface area contributed by atoms with E-state index in [9.17, 15) is 22.8 Å². The van der Waals surface area contributed by atoms with E-state index in [0.717, 1.165) is 23.1 Å². The van der Waals surface area contributed by atoms with Gasteiger partial charge in [0.15, 0.2) is 5.78 Å². The first-order chi connectivity index (χ1) is 8.78. The average molecular weight is 275 g/mol. The van der Waals surface area contributed by atoms with E-state index < -0.39 is 24.0 Å². The van der Waals surface area contributed by atoms with Gasteiger partial charge in [-0.25, -0.2) is 4.79 Å². The zero-order chi connectivity index (χ0) is 14.2. The fraction of sp³-hybridized carbons (Fsp3) is 0.273. The van der Waals surface area contributed by atoms with Gasteiger partial charge in [0.25, 0.3) is 0 Å². The molecular formula is C11H8F3NO4. The minimum atomic E-state index is -4.86. The van der Waals surface area contributed by atoms with Crippen LogP contribution < -0.4 is 9.64 Å². The fourth-order valence-corrected chi connectivity index (χ4v) is 1.84. The zero-order valence-electron chi connectivity index (χ0n) is 9.40. The zero-order valence-corrected chi connectivity index (χ0v) is 9.40. The number of rotatable bonds is 1. The number of amides is 1. The van der Waals surface area contributed by atoms with Gasteiger partial charge in [-0.2, -0.15) is 0 Å². The summed E-state index contributed by atoms with van der Waals surface area (Å²) in [4.78, 5) is 23.5. The Morgan fingerprint density at radius 3 is 2.63 bits per heavy atom. The minimum absolute atomic E-state index is 0.0133. The lowest BCUT2D eigenvalue weighted by Crippen LogP contribution is -2.36. The number of halogens is 3. The Bertz CT molecular complexity index is 541. The number of carbonyl (C=O) groups is 2. The Morgan fingerprint density at radius 1 is 1.37 bits per heavy atom. The molecule has 2 rings (SSSR count). The molecule has 0 atom stereocenters. The van der Waals surface area contributed by atoms with E-state index in [1.165, 1.54) is 0 Å². The summed E-state index contributed by atoms with van der Waals surface area (Å²) in [7, 11) is 0. The predicted octanol–water partition coefficient (Wildman–Crippen LogP) is 2.66. The third-order valence-corrected chi connectivity index (χ3v) is 2.59. The highest BCUT2D eigenvalue weighted by molar-refractivity contribution is 6.07. The topological polar surface area (TPSA) is 66.8 Å². The Hall–Kier alpha value is -2.25. The molecule has 1 amide bonds. The molecule has 0 radical (unpaired) electrons. The van der Waals surface area contributed by atoms with Crippen molar-refractivity contribution in [1.82, 2.24) is 0 Å². The van der Waals surface area contributed by atoms with Crippen LogP contribution in [0.3, 0.4) is 0 Å². The normalized spacial score (nSPS) is 15.1. The van der Waals surface area contributed by atoms with Crippen LogP contribution in [0.2, 0.25) is 0 Å². The van der Waals surface area contributed by atoms with Crippen LogP contribution >= 0.6 is 0 Å². The van der Waals surface area contributed by atoms with E-state index in [2.05, 4.69) is 4.74 Å². The van der Waals surface area contributed by atoms with E-state index in [-0.39, 0.29) is 24.2 Å². The minimum Gasteiger partial charge on any atom is -0.465 e. The summed E-state index contributed by atoms with van der Waals surface area (Å²) in [5.41, 5.74) is -0.0197. The molecule has 1 aliphatic rings. The summed E-state index contributed by atoms with van der Waals surface area (Å²) in [5.74, 6) is -0.966. The number of benzene rings is 1. The Morgan fingerprint density at radius 2 is 2.05 bits per heavy atom. The van der Waals surface area contributed by atoms with Crippen molar-refractivity contribution >= 4 is 17.6 Å². The molecule has 102 valence electrons. The van der Waals surface area contributed by atoms with Gasteiger partial charge >= 0.3 is 12.5 Å². The number of fused-ring (bicyclic) bond motifs is 1. The van der Waals surface area contributed by atoms with Crippen LogP contribution in [0.4, 0.5) is 23.7 Å². The summed E-state index contributed by atoms with van der Waals surface area (Å²) < 4.78 is 39.9. The lowest BCUT2D eigenvalue weighted by molar-refractivity contribution is -0.274. The largest absolute Gasteiger partial charge is 0.573 e. The van der Waals surface area contributed by atoms with Gasteiger partial charge in [-0.05, 0) is 18.2 Å². The van der Waals surface area contributed by atoms with Gasteiger partial charge in [-0.3, -0.25) is 9.69 Å². The summed E-state index contributed by atoms with van der Waals surface area (Å²) in [6.07, 6.45) is -6.20. The van der Waals surface area contributed by atoms with Crippen molar-refractivity contribution in [3.63, 3.8) is 0 Å². The molecule has 1 N–H and O–H groups in total. The summed E-state index contributed by atoms with van der Waals surface area (Å²) in [5, 5.41) is 8.93. The number of Topliss-reactive ketones (excluding diaryl/α,β-unsaturated/α-hetero) is 1. The van der Waals surface area contributed by atoms with Crippen molar-refractivity contribution in [2.24, 2.45) is 0 Å². The molecule has 0 fully saturated rings. The van der Waals surface area contributed by atoms with E-state index in [0.29, 0.717) is 0 Å². The SMILES string of the molecule is O=C1CCN(C(=O)O)c2ccc(OC(F)(F)F)cc21. The van der Waals surface area contributed by atoms with E-state index in [4.69, 9.17) is 5.11 Å². The second-order valence-corrected chi connectivity index (χ2v) is 3.83. The number of carbonyl (C=O) groups excluding carboxylic acids is 1. The number of ether oxygens (including phenoxy) is 1. The molecule has 1 aromatic rings. The van der Waals surface area contributed by atoms with Gasteiger partial charge in [0.2, 0.25) is 0 Å². The summed E-state index contributed by atoms with van der Waals surface area (Å²) in [6, 6.07) is 3.00. The van der Waals surface area contributed by atoms with Gasteiger partial charge in [0.1, 0.15) is 5.75 Å². The van der Waals surface area contributed by atoms with Gasteiger partial charge < -0.3 is 9.84 Å². The average Bonchev–Trinajstić information content (AvgIpc) is 2.27. The van der Waals surface area contributed by atoms with Gasteiger partial charge in [-0.1, -0.05) is 0 Å². The Labute approximate surface area is 105 Å². The van der Waals surface area contributed by atoms with Crippen LogP contribution in [0.5, 0.6) is 5.75 Å². The number of ketones is 1. The van der Waals surface area contributed by atoms with Crippen LogP contribution in [-0.4, -0.2) is 29.9 Å². The molecule has 1 aliphatic heterocycles. The van der Waals surface area contributed by atoms with E-state index in [1.54, 1.807) is 0 Å².